The summed E-state index contributed by atoms with van der Waals surface area (Å²) in [6.45, 7) is 12.1. The van der Waals surface area contributed by atoms with Crippen molar-refractivity contribution in [3.63, 3.8) is 0 Å². The Morgan fingerprint density at radius 1 is 0.411 bits per heavy atom. The second-order valence-corrected chi connectivity index (χ2v) is 31.1. The van der Waals surface area contributed by atoms with Gasteiger partial charge in [-0.3, -0.25) is 0 Å². The predicted octanol–water partition coefficient (Wildman–Crippen LogP) is 14.6. The van der Waals surface area contributed by atoms with Crippen molar-refractivity contribution in [2.75, 3.05) is 4.90 Å². The van der Waals surface area contributed by atoms with Crippen LogP contribution in [0.25, 0.3) is 77.2 Å². The third-order valence-corrected chi connectivity index (χ3v) is 24.4. The van der Waals surface area contributed by atoms with Crippen molar-refractivity contribution >= 4 is 106 Å². The molecule has 73 heavy (non-hydrogen) atoms. The van der Waals surface area contributed by atoms with Gasteiger partial charge in [0.05, 0.1) is 0 Å². The molecule has 3 nitrogen and oxygen atoms in total. The van der Waals surface area contributed by atoms with E-state index in [1.165, 1.54) is 127 Å². The predicted molar refractivity (Wildman–Crippen MR) is 317 cm³/mol. The van der Waals surface area contributed by atoms with Crippen LogP contribution in [-0.2, 0) is 5.41 Å². The molecule has 0 unspecified atom stereocenters. The van der Waals surface area contributed by atoms with E-state index in [1.54, 1.807) is 8.79 Å². The first-order chi connectivity index (χ1) is 35.5. The number of nitrogens with zero attached hydrogens (tertiary/aromatic N) is 3. The average molecular weight is 999 g/mol. The topological polar surface area (TPSA) is 13.1 Å². The van der Waals surface area contributed by atoms with Gasteiger partial charge in [-0.05, 0) is 0 Å². The number of benzene rings is 10. The molecule has 0 saturated carbocycles. The molecule has 5 heteroatoms. The minimum atomic E-state index is -3.21. The first kappa shape index (κ1) is 44.0. The normalized spacial score (nSPS) is 13.7. The molecule has 14 rings (SSSR count). The van der Waals surface area contributed by atoms with Crippen LogP contribution in [0.1, 0.15) is 37.5 Å². The van der Waals surface area contributed by atoms with E-state index in [-0.39, 0.29) is 12.1 Å². The second kappa shape index (κ2) is 16.1. The fourth-order valence-electron chi connectivity index (χ4n) is 13.4. The van der Waals surface area contributed by atoms with Crippen LogP contribution in [0.2, 0.25) is 11.5 Å². The average Bonchev–Trinajstić information content (AvgIpc) is 3.92. The number of aromatic nitrogens is 2. The van der Waals surface area contributed by atoms with Gasteiger partial charge in [0.2, 0.25) is 0 Å². The first-order valence-corrected chi connectivity index (χ1v) is 32.3. The van der Waals surface area contributed by atoms with Crippen LogP contribution in [-0.4, -0.2) is 29.1 Å². The van der Waals surface area contributed by atoms with Gasteiger partial charge in [0.15, 0.2) is 0 Å². The van der Waals surface area contributed by atoms with Gasteiger partial charge >= 0.3 is 428 Å². The summed E-state index contributed by atoms with van der Waals surface area (Å²) in [6.07, 6.45) is 0. The molecule has 0 aliphatic carbocycles. The SMILES string of the molecule is Cc1c(-n2c3ccccc3c3ccccc32)ccc2c1N(c1ccccc1-c1cccc(-c3ccccc3)c1)c1cc(C(C)(C)C)c[c]3c1B2c1ccc(-n2c4ccccc4c4ccccc42)c(C)[c]1[Ge]3([CH3])[CH3]. The van der Waals surface area contributed by atoms with Gasteiger partial charge in [-0.2, -0.15) is 0 Å². The quantitative estimate of drug-likeness (QED) is 0.157. The fraction of sp³-hybridized carbons (Fsp3) is 0.118. The summed E-state index contributed by atoms with van der Waals surface area (Å²) in [5, 5.41) is 5.13. The van der Waals surface area contributed by atoms with Gasteiger partial charge < -0.3 is 0 Å². The van der Waals surface area contributed by atoms with E-state index in [0.717, 1.165) is 0 Å². The molecule has 0 fully saturated rings. The molecule has 0 N–H and O–H groups in total. The van der Waals surface area contributed by atoms with Crippen molar-refractivity contribution in [1.82, 2.24) is 9.13 Å². The molecule has 2 aliphatic rings. The van der Waals surface area contributed by atoms with E-state index < -0.39 is 13.3 Å². The van der Waals surface area contributed by atoms with Crippen molar-refractivity contribution < 1.29 is 0 Å². The number of rotatable bonds is 5. The molecule has 0 bridgehead atoms. The van der Waals surface area contributed by atoms with E-state index in [0.29, 0.717) is 0 Å². The summed E-state index contributed by atoms with van der Waals surface area (Å²) in [4.78, 5) is 2.71. The Bertz CT molecular complexity index is 4160. The molecule has 4 heterocycles. The molecule has 12 aromatic rings. The van der Waals surface area contributed by atoms with E-state index in [1.807, 2.05) is 0 Å². The van der Waals surface area contributed by atoms with E-state index in [4.69, 9.17) is 0 Å². The third-order valence-electron chi connectivity index (χ3n) is 16.7. The van der Waals surface area contributed by atoms with Crippen molar-refractivity contribution in [3.05, 3.63) is 229 Å². The van der Waals surface area contributed by atoms with Crippen LogP contribution in [0.15, 0.2) is 212 Å². The van der Waals surface area contributed by atoms with Crippen molar-refractivity contribution in [1.29, 1.82) is 0 Å². The van der Waals surface area contributed by atoms with Crippen LogP contribution in [0.3, 0.4) is 0 Å². The molecule has 0 spiro atoms. The molecule has 10 aromatic carbocycles. The fourth-order valence-corrected chi connectivity index (χ4v) is 21.2. The Morgan fingerprint density at radius 3 is 1.49 bits per heavy atom. The number of hydrogen-bond acceptors (Lipinski definition) is 1. The van der Waals surface area contributed by atoms with Crippen molar-refractivity contribution in [2.45, 2.75) is 51.5 Å². The van der Waals surface area contributed by atoms with Crippen LogP contribution >= 0.6 is 0 Å². The molecule has 0 radical (unpaired) electrons. The summed E-state index contributed by atoms with van der Waals surface area (Å²) in [6, 6.07) is 80.1. The zero-order chi connectivity index (χ0) is 49.5. The zero-order valence-corrected chi connectivity index (χ0v) is 44.7. The zero-order valence-electron chi connectivity index (χ0n) is 42.6. The molecule has 0 atom stereocenters. The van der Waals surface area contributed by atoms with Crippen molar-refractivity contribution in [3.8, 4) is 33.6 Å². The third kappa shape index (κ3) is 6.39. The number of para-hydroxylation sites is 5. The van der Waals surface area contributed by atoms with Crippen LogP contribution in [0.4, 0.5) is 17.1 Å². The molecule has 0 amide bonds. The minimum absolute atomic E-state index is 0.0318. The van der Waals surface area contributed by atoms with Crippen LogP contribution < -0.4 is 30.1 Å². The van der Waals surface area contributed by atoms with Gasteiger partial charge in [0.1, 0.15) is 0 Å². The molecule has 2 aromatic heterocycles. The van der Waals surface area contributed by atoms with Crippen LogP contribution in [0, 0.1) is 13.8 Å². The van der Waals surface area contributed by atoms with Gasteiger partial charge in [-0.15, -0.1) is 0 Å². The van der Waals surface area contributed by atoms with Crippen molar-refractivity contribution in [2.24, 2.45) is 0 Å². The second-order valence-electron chi connectivity index (χ2n) is 22.1. The van der Waals surface area contributed by atoms with Gasteiger partial charge in [-0.25, -0.2) is 0 Å². The Balaban J connectivity index is 1.09. The Morgan fingerprint density at radius 2 is 0.904 bits per heavy atom. The number of anilines is 3. The molecule has 2 aliphatic heterocycles. The monoisotopic (exact) mass is 999 g/mol. The molecular weight excluding hydrogens is 942 g/mol. The summed E-state index contributed by atoms with van der Waals surface area (Å²) >= 11 is -3.21. The molecular formula is C68H56BGeN3. The van der Waals surface area contributed by atoms with E-state index in [9.17, 15) is 0 Å². The Hall–Kier alpha value is -7.79. The van der Waals surface area contributed by atoms with Crippen LogP contribution in [0.5, 0.6) is 0 Å². The van der Waals surface area contributed by atoms with Gasteiger partial charge in [0.25, 0.3) is 0 Å². The van der Waals surface area contributed by atoms with E-state index >= 15 is 0 Å². The first-order valence-electron chi connectivity index (χ1n) is 26.0. The van der Waals surface area contributed by atoms with E-state index in [2.05, 4.69) is 272 Å². The maximum absolute atomic E-state index is 3.21. The Labute approximate surface area is 431 Å². The number of fused-ring (bicyclic) bond motifs is 10. The maximum atomic E-state index is 2.71. The number of hydrogen-bond donors (Lipinski definition) is 0. The summed E-state index contributed by atoms with van der Waals surface area (Å²) in [5.74, 6) is 5.36. The summed E-state index contributed by atoms with van der Waals surface area (Å²) < 4.78 is 8.27. The summed E-state index contributed by atoms with van der Waals surface area (Å²) in [5.41, 5.74) is 24.3. The van der Waals surface area contributed by atoms with Gasteiger partial charge in [0, 0.05) is 0 Å². The Kier molecular flexibility index (Phi) is 9.70. The molecule has 350 valence electrons. The molecule has 0 saturated heterocycles. The standard InChI is InChI=1S/C68H56BGeN3/c1-43-57(71-60-32-17-12-27-50(60)51-28-13-18-33-61(51)71)38-36-54-66(43)70(6,7)56-41-48(68(3,4)5)42-64-65(56)69(54)55-37-39-58(72-62-34-19-14-29-52(62)53-30-15-20-35-63(53)72)44(2)67(55)73(64)59-31-16-11-26-49(59)47-25-21-24-46(40-47)45-22-9-8-10-23-45/h8-42H,1-7H3. The summed E-state index contributed by atoms with van der Waals surface area (Å²) in [7, 11) is 0. The van der Waals surface area contributed by atoms with Gasteiger partial charge in [-0.1, -0.05) is 6.07 Å².